The van der Waals surface area contributed by atoms with Crippen molar-refractivity contribution < 1.29 is 9.90 Å². The number of nitrogens with zero attached hydrogens (tertiary/aromatic N) is 2. The lowest BCUT2D eigenvalue weighted by molar-refractivity contribution is 0.0157. The van der Waals surface area contributed by atoms with Gasteiger partial charge in [-0.2, -0.15) is 0 Å². The van der Waals surface area contributed by atoms with Gasteiger partial charge >= 0.3 is 0 Å². The second kappa shape index (κ2) is 6.22. The first-order chi connectivity index (χ1) is 9.56. The molecule has 5 nitrogen and oxygen atoms in total. The molecule has 1 aromatic heterocycles. The standard InChI is InChI=1S/C15H23N3O2/c1-3-17-13-6-9-16-10-12(13)14(19)18(2)11-15(20)7-4-5-8-15/h6,9-10,20H,3-5,7-8,11H2,1-2H3,(H,16,17). The van der Waals surface area contributed by atoms with Crippen molar-refractivity contribution in [2.45, 2.75) is 38.2 Å². The van der Waals surface area contributed by atoms with Crippen LogP contribution in [0.5, 0.6) is 0 Å². The smallest absolute Gasteiger partial charge is 0.257 e. The van der Waals surface area contributed by atoms with Crippen molar-refractivity contribution in [3.63, 3.8) is 0 Å². The van der Waals surface area contributed by atoms with Gasteiger partial charge in [-0.25, -0.2) is 0 Å². The highest BCUT2D eigenvalue weighted by atomic mass is 16.3. The molecule has 0 aromatic carbocycles. The zero-order chi connectivity index (χ0) is 14.6. The van der Waals surface area contributed by atoms with E-state index in [2.05, 4.69) is 10.3 Å². The van der Waals surface area contributed by atoms with Gasteiger partial charge in [-0.15, -0.1) is 0 Å². The Morgan fingerprint density at radius 1 is 1.50 bits per heavy atom. The van der Waals surface area contributed by atoms with Gasteiger partial charge in [-0.1, -0.05) is 12.8 Å². The fourth-order valence-electron chi connectivity index (χ4n) is 2.82. The third kappa shape index (κ3) is 3.28. The average Bonchev–Trinajstić information content (AvgIpc) is 2.85. The molecule has 1 aliphatic carbocycles. The van der Waals surface area contributed by atoms with Crippen molar-refractivity contribution in [2.24, 2.45) is 0 Å². The van der Waals surface area contributed by atoms with Gasteiger partial charge in [-0.05, 0) is 25.8 Å². The molecule has 1 saturated carbocycles. The van der Waals surface area contributed by atoms with Crippen molar-refractivity contribution in [3.05, 3.63) is 24.0 Å². The molecule has 110 valence electrons. The van der Waals surface area contributed by atoms with E-state index in [1.165, 1.54) is 0 Å². The summed E-state index contributed by atoms with van der Waals surface area (Å²) < 4.78 is 0. The van der Waals surface area contributed by atoms with Gasteiger partial charge in [0, 0.05) is 32.5 Å². The van der Waals surface area contributed by atoms with E-state index in [9.17, 15) is 9.90 Å². The quantitative estimate of drug-likeness (QED) is 0.862. The molecule has 1 aromatic rings. The van der Waals surface area contributed by atoms with Crippen LogP contribution in [0.2, 0.25) is 0 Å². The van der Waals surface area contributed by atoms with Crippen LogP contribution in [-0.4, -0.2) is 46.6 Å². The Morgan fingerprint density at radius 2 is 2.20 bits per heavy atom. The largest absolute Gasteiger partial charge is 0.388 e. The molecule has 20 heavy (non-hydrogen) atoms. The minimum absolute atomic E-state index is 0.102. The highest BCUT2D eigenvalue weighted by molar-refractivity contribution is 5.99. The first-order valence-corrected chi connectivity index (χ1v) is 7.21. The van der Waals surface area contributed by atoms with Crippen molar-refractivity contribution in [1.29, 1.82) is 0 Å². The summed E-state index contributed by atoms with van der Waals surface area (Å²) in [6, 6.07) is 1.80. The maximum absolute atomic E-state index is 12.5. The first kappa shape index (κ1) is 14.8. The van der Waals surface area contributed by atoms with E-state index in [0.29, 0.717) is 12.1 Å². The summed E-state index contributed by atoms with van der Waals surface area (Å²) in [5.41, 5.74) is 0.626. The molecule has 0 saturated heterocycles. The number of pyridine rings is 1. The van der Waals surface area contributed by atoms with Crippen LogP contribution in [0.4, 0.5) is 5.69 Å². The molecule has 2 N–H and O–H groups in total. The lowest BCUT2D eigenvalue weighted by Gasteiger charge is -2.29. The summed E-state index contributed by atoms with van der Waals surface area (Å²) in [7, 11) is 1.74. The molecular weight excluding hydrogens is 254 g/mol. The molecule has 0 radical (unpaired) electrons. The molecule has 0 atom stereocenters. The third-order valence-electron chi connectivity index (χ3n) is 3.83. The second-order valence-electron chi connectivity index (χ2n) is 5.54. The molecule has 0 bridgehead atoms. The van der Waals surface area contributed by atoms with Crippen LogP contribution in [0.1, 0.15) is 43.0 Å². The number of hydrogen-bond acceptors (Lipinski definition) is 4. The zero-order valence-corrected chi connectivity index (χ0v) is 12.2. The summed E-state index contributed by atoms with van der Waals surface area (Å²) in [4.78, 5) is 18.1. The van der Waals surface area contributed by atoms with Crippen LogP contribution in [0, 0.1) is 0 Å². The highest BCUT2D eigenvalue weighted by Crippen LogP contribution is 2.30. The summed E-state index contributed by atoms with van der Waals surface area (Å²) in [5.74, 6) is -0.102. The number of anilines is 1. The molecular formula is C15H23N3O2. The lowest BCUT2D eigenvalue weighted by atomic mass is 10.0. The number of nitrogens with one attached hydrogen (secondary N) is 1. The van der Waals surface area contributed by atoms with Crippen molar-refractivity contribution in [2.75, 3.05) is 25.5 Å². The summed E-state index contributed by atoms with van der Waals surface area (Å²) in [6.07, 6.45) is 6.87. The number of aromatic nitrogens is 1. The van der Waals surface area contributed by atoms with Crippen molar-refractivity contribution in [1.82, 2.24) is 9.88 Å². The molecule has 5 heteroatoms. The maximum Gasteiger partial charge on any atom is 0.257 e. The Kier molecular flexibility index (Phi) is 4.60. The maximum atomic E-state index is 12.5. The van der Waals surface area contributed by atoms with Crippen LogP contribution in [0.15, 0.2) is 18.5 Å². The molecule has 0 aliphatic heterocycles. The fourth-order valence-corrected chi connectivity index (χ4v) is 2.82. The molecule has 2 rings (SSSR count). The summed E-state index contributed by atoms with van der Waals surface area (Å²) >= 11 is 0. The predicted octanol–water partition coefficient (Wildman–Crippen LogP) is 1.89. The van der Waals surface area contributed by atoms with Gasteiger partial charge in [0.1, 0.15) is 0 Å². The number of aliphatic hydroxyl groups is 1. The lowest BCUT2D eigenvalue weighted by Crippen LogP contribution is -2.42. The monoisotopic (exact) mass is 277 g/mol. The predicted molar refractivity (Wildman–Crippen MR) is 78.8 cm³/mol. The molecule has 0 spiro atoms. The van der Waals surface area contributed by atoms with Gasteiger partial charge in [0.15, 0.2) is 0 Å². The summed E-state index contributed by atoms with van der Waals surface area (Å²) in [5, 5.41) is 13.6. The van der Waals surface area contributed by atoms with Gasteiger partial charge < -0.3 is 15.3 Å². The van der Waals surface area contributed by atoms with Gasteiger partial charge in [0.2, 0.25) is 0 Å². The van der Waals surface area contributed by atoms with Gasteiger partial charge in [0.25, 0.3) is 5.91 Å². The van der Waals surface area contributed by atoms with E-state index < -0.39 is 5.60 Å². The number of rotatable bonds is 5. The number of carbonyl (C=O) groups is 1. The topological polar surface area (TPSA) is 65.5 Å². The van der Waals surface area contributed by atoms with Crippen LogP contribution in [0.25, 0.3) is 0 Å². The Labute approximate surface area is 120 Å². The minimum atomic E-state index is -0.717. The Bertz CT molecular complexity index is 470. The molecule has 1 aliphatic rings. The van der Waals surface area contributed by atoms with Gasteiger partial charge in [0.05, 0.1) is 16.9 Å². The number of likely N-dealkylation sites (N-methyl/N-ethyl adjacent to an activating group) is 1. The van der Waals surface area contributed by atoms with Crippen molar-refractivity contribution in [3.8, 4) is 0 Å². The van der Waals surface area contributed by atoms with Crippen LogP contribution in [-0.2, 0) is 0 Å². The van der Waals surface area contributed by atoms with Crippen LogP contribution >= 0.6 is 0 Å². The van der Waals surface area contributed by atoms with Crippen molar-refractivity contribution >= 4 is 11.6 Å². The fraction of sp³-hybridized carbons (Fsp3) is 0.600. The molecule has 1 fully saturated rings. The Hall–Kier alpha value is -1.62. The Balaban J connectivity index is 2.10. The van der Waals surface area contributed by atoms with E-state index in [1.54, 1.807) is 30.4 Å². The highest BCUT2D eigenvalue weighted by Gasteiger charge is 2.33. The minimum Gasteiger partial charge on any atom is -0.388 e. The molecule has 0 unspecified atom stereocenters. The third-order valence-corrected chi connectivity index (χ3v) is 3.83. The zero-order valence-electron chi connectivity index (χ0n) is 12.2. The van der Waals surface area contributed by atoms with Gasteiger partial charge in [-0.3, -0.25) is 9.78 Å². The average molecular weight is 277 g/mol. The van der Waals surface area contributed by atoms with E-state index in [0.717, 1.165) is 37.9 Å². The second-order valence-corrected chi connectivity index (χ2v) is 5.54. The normalized spacial score (nSPS) is 16.9. The number of amides is 1. The van der Waals surface area contributed by atoms with E-state index in [4.69, 9.17) is 0 Å². The Morgan fingerprint density at radius 3 is 2.85 bits per heavy atom. The van der Waals surface area contributed by atoms with Crippen LogP contribution < -0.4 is 5.32 Å². The number of hydrogen-bond donors (Lipinski definition) is 2. The van der Waals surface area contributed by atoms with E-state index in [-0.39, 0.29) is 5.91 Å². The van der Waals surface area contributed by atoms with Crippen LogP contribution in [0.3, 0.4) is 0 Å². The van der Waals surface area contributed by atoms with E-state index >= 15 is 0 Å². The SMILES string of the molecule is CCNc1ccncc1C(=O)N(C)CC1(O)CCCC1. The van der Waals surface area contributed by atoms with E-state index in [1.807, 2.05) is 6.92 Å². The first-order valence-electron chi connectivity index (χ1n) is 7.21. The molecule has 1 heterocycles. The molecule has 1 amide bonds. The summed E-state index contributed by atoms with van der Waals surface area (Å²) in [6.45, 7) is 3.11. The number of carbonyl (C=O) groups excluding carboxylic acids is 1.